The van der Waals surface area contributed by atoms with Crippen molar-refractivity contribution in [1.82, 2.24) is 4.90 Å². The lowest BCUT2D eigenvalue weighted by Crippen LogP contribution is -2.34. The summed E-state index contributed by atoms with van der Waals surface area (Å²) in [5.74, 6) is 0.157. The van der Waals surface area contributed by atoms with Crippen LogP contribution in [0.4, 0.5) is 0 Å². The zero-order chi connectivity index (χ0) is 11.3. The van der Waals surface area contributed by atoms with E-state index in [0.717, 1.165) is 19.3 Å². The fourth-order valence-corrected chi connectivity index (χ4v) is 1.56. The number of hydrogen-bond donors (Lipinski definition) is 1. The zero-order valence-electron chi connectivity index (χ0n) is 9.28. The first kappa shape index (κ1) is 12.0. The van der Waals surface area contributed by atoms with E-state index in [-0.39, 0.29) is 11.9 Å². The Hall–Kier alpha value is -1.08. The molecule has 0 aromatic carbocycles. The summed E-state index contributed by atoms with van der Waals surface area (Å²) in [4.78, 5) is 13.6. The third-order valence-electron chi connectivity index (χ3n) is 2.59. The Kier molecular flexibility index (Phi) is 4.57. The second-order valence-electron chi connectivity index (χ2n) is 4.24. The highest BCUT2D eigenvalue weighted by Gasteiger charge is 2.31. The first-order valence-electron chi connectivity index (χ1n) is 5.57. The predicted octanol–water partition coefficient (Wildman–Crippen LogP) is 1.02. The molecule has 1 saturated carbocycles. The van der Waals surface area contributed by atoms with Crippen LogP contribution in [0, 0.1) is 11.3 Å². The van der Waals surface area contributed by atoms with Gasteiger partial charge < -0.3 is 10.6 Å². The lowest BCUT2D eigenvalue weighted by atomic mass is 10.2. The molecule has 0 aromatic heterocycles. The second kappa shape index (κ2) is 5.72. The van der Waals surface area contributed by atoms with E-state index in [1.807, 2.05) is 11.8 Å². The fraction of sp³-hybridized carbons (Fsp3) is 0.818. The van der Waals surface area contributed by atoms with Crippen LogP contribution in [0.3, 0.4) is 0 Å². The first-order chi connectivity index (χ1) is 7.15. The predicted molar refractivity (Wildman–Crippen MR) is 57.8 cm³/mol. The summed E-state index contributed by atoms with van der Waals surface area (Å²) in [6.07, 6.45) is 3.86. The molecule has 2 N–H and O–H groups in total. The largest absolute Gasteiger partial charge is 0.339 e. The van der Waals surface area contributed by atoms with Gasteiger partial charge in [-0.1, -0.05) is 0 Å². The van der Waals surface area contributed by atoms with E-state index in [9.17, 15) is 4.79 Å². The number of rotatable bonds is 6. The Balaban J connectivity index is 2.34. The molecule has 1 rings (SSSR count). The van der Waals surface area contributed by atoms with Crippen LogP contribution in [-0.4, -0.2) is 29.4 Å². The van der Waals surface area contributed by atoms with Crippen molar-refractivity contribution in [2.24, 2.45) is 5.73 Å². The molecule has 0 heterocycles. The van der Waals surface area contributed by atoms with Crippen molar-refractivity contribution >= 4 is 5.91 Å². The second-order valence-corrected chi connectivity index (χ2v) is 4.24. The molecule has 0 spiro atoms. The summed E-state index contributed by atoms with van der Waals surface area (Å²) in [6, 6.07) is 2.56. The molecule has 4 nitrogen and oxygen atoms in total. The van der Waals surface area contributed by atoms with Gasteiger partial charge in [-0.3, -0.25) is 4.79 Å². The summed E-state index contributed by atoms with van der Waals surface area (Å²) in [5, 5.41) is 8.51. The van der Waals surface area contributed by atoms with Crippen molar-refractivity contribution in [1.29, 1.82) is 5.26 Å². The van der Waals surface area contributed by atoms with Crippen molar-refractivity contribution in [2.75, 3.05) is 6.54 Å². The van der Waals surface area contributed by atoms with Crippen LogP contribution in [-0.2, 0) is 4.79 Å². The van der Waals surface area contributed by atoms with Crippen LogP contribution < -0.4 is 5.73 Å². The van der Waals surface area contributed by atoms with Crippen LogP contribution in [0.5, 0.6) is 0 Å². The van der Waals surface area contributed by atoms with E-state index in [2.05, 4.69) is 6.07 Å². The van der Waals surface area contributed by atoms with Gasteiger partial charge in [0.05, 0.1) is 12.5 Å². The maximum atomic E-state index is 11.8. The molecule has 1 amide bonds. The van der Waals surface area contributed by atoms with E-state index in [4.69, 9.17) is 11.0 Å². The van der Waals surface area contributed by atoms with E-state index in [1.165, 1.54) is 0 Å². The smallest absolute Gasteiger partial charge is 0.222 e. The maximum Gasteiger partial charge on any atom is 0.222 e. The van der Waals surface area contributed by atoms with Crippen LogP contribution in [0.15, 0.2) is 0 Å². The van der Waals surface area contributed by atoms with Crippen molar-refractivity contribution < 1.29 is 4.79 Å². The number of hydrogen-bond acceptors (Lipinski definition) is 3. The third kappa shape index (κ3) is 4.30. The molecule has 1 unspecified atom stereocenters. The minimum Gasteiger partial charge on any atom is -0.339 e. The van der Waals surface area contributed by atoms with E-state index >= 15 is 0 Å². The van der Waals surface area contributed by atoms with Gasteiger partial charge in [-0.05, 0) is 26.2 Å². The number of nitrogens with zero attached hydrogens (tertiary/aromatic N) is 2. The van der Waals surface area contributed by atoms with Gasteiger partial charge >= 0.3 is 0 Å². The van der Waals surface area contributed by atoms with Gasteiger partial charge in [0.1, 0.15) is 0 Å². The van der Waals surface area contributed by atoms with Gasteiger partial charge in [0.15, 0.2) is 0 Å². The Morgan fingerprint density at radius 3 is 2.80 bits per heavy atom. The van der Waals surface area contributed by atoms with E-state index in [0.29, 0.717) is 25.4 Å². The third-order valence-corrected chi connectivity index (χ3v) is 2.59. The number of nitrogens with two attached hydrogens (primary N) is 1. The van der Waals surface area contributed by atoms with Gasteiger partial charge in [-0.15, -0.1) is 0 Å². The highest BCUT2D eigenvalue weighted by molar-refractivity contribution is 5.76. The SMILES string of the molecule is CC(N)CCC(=O)N(CCC#N)C1CC1. The van der Waals surface area contributed by atoms with Crippen molar-refractivity contribution in [3.63, 3.8) is 0 Å². The van der Waals surface area contributed by atoms with E-state index < -0.39 is 0 Å². The van der Waals surface area contributed by atoms with Crippen molar-refractivity contribution in [3.05, 3.63) is 0 Å². The monoisotopic (exact) mass is 209 g/mol. The first-order valence-corrected chi connectivity index (χ1v) is 5.57. The van der Waals surface area contributed by atoms with Crippen molar-refractivity contribution in [2.45, 2.75) is 51.1 Å². The molecule has 15 heavy (non-hydrogen) atoms. The van der Waals surface area contributed by atoms with Gasteiger partial charge in [0, 0.05) is 25.0 Å². The summed E-state index contributed by atoms with van der Waals surface area (Å²) < 4.78 is 0. The fourth-order valence-electron chi connectivity index (χ4n) is 1.56. The van der Waals surface area contributed by atoms with Crippen LogP contribution in [0.2, 0.25) is 0 Å². The maximum absolute atomic E-state index is 11.8. The summed E-state index contributed by atoms with van der Waals surface area (Å²) in [6.45, 7) is 2.49. The molecule has 84 valence electrons. The molecule has 0 saturated heterocycles. The molecule has 1 aliphatic carbocycles. The van der Waals surface area contributed by atoms with Gasteiger partial charge in [0.25, 0.3) is 0 Å². The molecular weight excluding hydrogens is 190 g/mol. The minimum absolute atomic E-state index is 0.0750. The van der Waals surface area contributed by atoms with Gasteiger partial charge in [-0.25, -0.2) is 0 Å². The topological polar surface area (TPSA) is 70.1 Å². The summed E-state index contributed by atoms with van der Waals surface area (Å²) >= 11 is 0. The molecule has 1 aliphatic rings. The molecule has 4 heteroatoms. The Labute approximate surface area is 91.0 Å². The molecule has 0 aromatic rings. The normalized spacial score (nSPS) is 16.9. The molecular formula is C11H19N3O. The number of nitriles is 1. The summed E-state index contributed by atoms with van der Waals surface area (Å²) in [5.41, 5.74) is 5.61. The average molecular weight is 209 g/mol. The molecule has 0 aliphatic heterocycles. The number of amides is 1. The summed E-state index contributed by atoms with van der Waals surface area (Å²) in [7, 11) is 0. The lowest BCUT2D eigenvalue weighted by molar-refractivity contribution is -0.131. The highest BCUT2D eigenvalue weighted by atomic mass is 16.2. The molecule has 1 fully saturated rings. The number of carbonyl (C=O) groups is 1. The lowest BCUT2D eigenvalue weighted by Gasteiger charge is -2.21. The molecule has 0 bridgehead atoms. The minimum atomic E-state index is 0.0750. The average Bonchev–Trinajstić information content (AvgIpc) is 2.99. The standard InChI is InChI=1S/C11H19N3O/c1-9(13)3-6-11(15)14(8-2-7-12)10-4-5-10/h9-10H,2-6,8,13H2,1H3. The van der Waals surface area contributed by atoms with Crippen LogP contribution in [0.25, 0.3) is 0 Å². The van der Waals surface area contributed by atoms with E-state index in [1.54, 1.807) is 0 Å². The molecule has 0 radical (unpaired) electrons. The Morgan fingerprint density at radius 2 is 2.33 bits per heavy atom. The van der Waals surface area contributed by atoms with Crippen LogP contribution in [0.1, 0.15) is 39.0 Å². The Bertz CT molecular complexity index is 253. The van der Waals surface area contributed by atoms with Gasteiger partial charge in [0.2, 0.25) is 5.91 Å². The van der Waals surface area contributed by atoms with Crippen LogP contribution >= 0.6 is 0 Å². The molecule has 1 atom stereocenters. The Morgan fingerprint density at radius 1 is 1.67 bits per heavy atom. The quantitative estimate of drug-likeness (QED) is 0.710. The zero-order valence-corrected chi connectivity index (χ0v) is 9.28. The highest BCUT2D eigenvalue weighted by Crippen LogP contribution is 2.27. The van der Waals surface area contributed by atoms with Gasteiger partial charge in [-0.2, -0.15) is 5.26 Å². The van der Waals surface area contributed by atoms with Crippen molar-refractivity contribution in [3.8, 4) is 6.07 Å². The number of carbonyl (C=O) groups excluding carboxylic acids is 1.